The fraction of sp³-hybridized carbons (Fsp3) is 0.303. The summed E-state index contributed by atoms with van der Waals surface area (Å²) in [4.78, 5) is 16.4. The Morgan fingerprint density at radius 3 is 2.57 bits per heavy atom. The van der Waals surface area contributed by atoms with Crippen molar-refractivity contribution in [2.45, 2.75) is 65.2 Å². The maximum atomic E-state index is 14.7. The molecule has 0 saturated heterocycles. The molecule has 4 aromatic rings. The summed E-state index contributed by atoms with van der Waals surface area (Å²) in [5, 5.41) is 22.2. The van der Waals surface area contributed by atoms with Crippen molar-refractivity contribution in [1.29, 1.82) is 0 Å². The predicted molar refractivity (Wildman–Crippen MR) is 172 cm³/mol. The van der Waals surface area contributed by atoms with Gasteiger partial charge < -0.3 is 5.11 Å². The van der Waals surface area contributed by atoms with Crippen molar-refractivity contribution in [3.05, 3.63) is 99.5 Å². The van der Waals surface area contributed by atoms with E-state index < -0.39 is 5.97 Å². The van der Waals surface area contributed by atoms with Crippen LogP contribution in [0.3, 0.4) is 0 Å². The Labute approximate surface area is 255 Å². The smallest absolute Gasteiger partial charge is 0.355 e. The Morgan fingerprint density at radius 1 is 1.24 bits per heavy atom. The molecule has 0 atom stereocenters. The summed E-state index contributed by atoms with van der Waals surface area (Å²) in [6.07, 6.45) is 5.57. The fourth-order valence-corrected chi connectivity index (χ4v) is 5.91. The van der Waals surface area contributed by atoms with Crippen LogP contribution in [0, 0.1) is 18.7 Å². The zero-order valence-corrected chi connectivity index (χ0v) is 26.3. The zero-order chi connectivity index (χ0) is 30.6. The van der Waals surface area contributed by atoms with Crippen molar-refractivity contribution >= 4 is 34.8 Å². The van der Waals surface area contributed by atoms with Crippen LogP contribution in [0.4, 0.5) is 4.39 Å². The summed E-state index contributed by atoms with van der Waals surface area (Å²) in [6.45, 7) is 14.4. The number of carboxylic acids is 1. The molecule has 0 unspecified atom stereocenters. The number of aryl methyl sites for hydroxylation is 1. The van der Waals surface area contributed by atoms with Crippen molar-refractivity contribution < 1.29 is 14.3 Å². The quantitative estimate of drug-likeness (QED) is 0.139. The highest BCUT2D eigenvalue weighted by Crippen LogP contribution is 2.39. The molecular weight excluding hydrogens is 568 g/mol. The first-order chi connectivity index (χ1) is 20.1. The molecule has 2 heterocycles. The number of aromatic carboxylic acids is 1. The van der Waals surface area contributed by atoms with E-state index >= 15 is 0 Å². The number of carbonyl (C=O) groups is 1. The molecule has 9 heteroatoms. The normalized spacial score (nSPS) is 12.5. The molecule has 42 heavy (non-hydrogen) atoms. The highest BCUT2D eigenvalue weighted by molar-refractivity contribution is 7.97. The van der Waals surface area contributed by atoms with E-state index in [2.05, 4.69) is 36.7 Å². The summed E-state index contributed by atoms with van der Waals surface area (Å²) in [7, 11) is 0. The van der Waals surface area contributed by atoms with Gasteiger partial charge in [-0.15, -0.1) is 11.3 Å². The third-order valence-electron chi connectivity index (χ3n) is 6.99. The van der Waals surface area contributed by atoms with E-state index in [-0.39, 0.29) is 11.5 Å². The van der Waals surface area contributed by atoms with Crippen molar-refractivity contribution in [2.24, 2.45) is 11.1 Å². The first-order valence-electron chi connectivity index (χ1n) is 14.0. The standard InChI is InChI=1S/C31H31FN4O2S2.C2H6/c1-17(2)11-19(4)23-15-22(9-5-18(23)3)29-24(12-21-8-10-28(40-33)25(32)13-21)27(14-20-6-7-20)36(35-29)31-34-26(16-39-31)30(37)38;1-2/h5,8-11,13,15-16,20H,4,6-7,12,14,33H2,1-3H3,(H,37,38);1-2H3. The van der Waals surface area contributed by atoms with Crippen LogP contribution in [0.2, 0.25) is 0 Å². The molecule has 2 aromatic carbocycles. The summed E-state index contributed by atoms with van der Waals surface area (Å²) in [5.41, 5.74) is 8.65. The number of nitrogens with zero attached hydrogens (tertiary/aromatic N) is 3. The Bertz CT molecular complexity index is 1650. The molecule has 0 spiro atoms. The number of hydrogen-bond acceptors (Lipinski definition) is 6. The number of thiazole rings is 1. The van der Waals surface area contributed by atoms with Gasteiger partial charge in [0.05, 0.1) is 16.3 Å². The fourth-order valence-electron chi connectivity index (χ4n) is 4.82. The van der Waals surface area contributed by atoms with Gasteiger partial charge in [-0.2, -0.15) is 5.10 Å². The third kappa shape index (κ3) is 7.09. The second kappa shape index (κ2) is 13.6. The zero-order valence-electron chi connectivity index (χ0n) is 24.7. The molecule has 6 nitrogen and oxygen atoms in total. The summed E-state index contributed by atoms with van der Waals surface area (Å²) in [5.74, 6) is -0.905. The van der Waals surface area contributed by atoms with Crippen molar-refractivity contribution in [3.8, 4) is 16.4 Å². The Kier molecular flexibility index (Phi) is 10.2. The minimum absolute atomic E-state index is 0.0106. The second-order valence-electron chi connectivity index (χ2n) is 10.5. The number of rotatable bonds is 10. The van der Waals surface area contributed by atoms with Crippen LogP contribution in [0.5, 0.6) is 0 Å². The van der Waals surface area contributed by atoms with E-state index in [4.69, 9.17) is 10.2 Å². The van der Waals surface area contributed by atoms with Gasteiger partial charge in [0, 0.05) is 22.9 Å². The molecule has 0 radical (unpaired) electrons. The minimum atomic E-state index is -1.08. The number of allylic oxidation sites excluding steroid dienone is 3. The molecule has 0 aliphatic heterocycles. The van der Waals surface area contributed by atoms with Crippen molar-refractivity contribution in [1.82, 2.24) is 14.8 Å². The van der Waals surface area contributed by atoms with Gasteiger partial charge in [0.25, 0.3) is 0 Å². The van der Waals surface area contributed by atoms with Gasteiger partial charge in [0.2, 0.25) is 5.13 Å². The number of aromatic nitrogens is 3. The summed E-state index contributed by atoms with van der Waals surface area (Å²) < 4.78 is 16.5. The van der Waals surface area contributed by atoms with E-state index in [1.54, 1.807) is 10.7 Å². The molecule has 3 N–H and O–H groups in total. The molecule has 2 aromatic heterocycles. The predicted octanol–water partition coefficient (Wildman–Crippen LogP) is 8.66. The minimum Gasteiger partial charge on any atom is -0.476 e. The highest BCUT2D eigenvalue weighted by Gasteiger charge is 2.29. The molecule has 0 amide bonds. The highest BCUT2D eigenvalue weighted by atomic mass is 32.2. The van der Waals surface area contributed by atoms with Crippen molar-refractivity contribution in [3.63, 3.8) is 0 Å². The third-order valence-corrected chi connectivity index (χ3v) is 8.39. The van der Waals surface area contributed by atoms with E-state index in [0.717, 1.165) is 81.6 Å². The van der Waals surface area contributed by atoms with Crippen LogP contribution in [0.15, 0.2) is 64.9 Å². The molecule has 220 valence electrons. The summed E-state index contributed by atoms with van der Waals surface area (Å²) in [6, 6.07) is 11.3. The molecule has 0 bridgehead atoms. The first kappa shape index (κ1) is 31.4. The first-order valence-corrected chi connectivity index (χ1v) is 15.8. The lowest BCUT2D eigenvalue weighted by Crippen LogP contribution is -2.06. The molecule has 1 saturated carbocycles. The number of hydrogen-bond donors (Lipinski definition) is 2. The second-order valence-corrected chi connectivity index (χ2v) is 12.0. The molecular formula is C33H37FN4O2S2. The maximum Gasteiger partial charge on any atom is 0.355 e. The topological polar surface area (TPSA) is 94.0 Å². The van der Waals surface area contributed by atoms with Crippen molar-refractivity contribution in [2.75, 3.05) is 0 Å². The number of carboxylic acid groups (broad SMARTS) is 1. The maximum absolute atomic E-state index is 14.7. The largest absolute Gasteiger partial charge is 0.476 e. The summed E-state index contributed by atoms with van der Waals surface area (Å²) >= 11 is 2.14. The lowest BCUT2D eigenvalue weighted by atomic mass is 9.93. The van der Waals surface area contributed by atoms with E-state index in [1.807, 2.05) is 39.8 Å². The van der Waals surface area contributed by atoms with E-state index in [1.165, 1.54) is 22.8 Å². The molecule has 1 aliphatic rings. The van der Waals surface area contributed by atoms with E-state index in [9.17, 15) is 14.3 Å². The van der Waals surface area contributed by atoms with Gasteiger partial charge in [-0.1, -0.05) is 50.3 Å². The van der Waals surface area contributed by atoms with Crippen LogP contribution in [0.25, 0.3) is 22.0 Å². The molecule has 5 rings (SSSR count). The lowest BCUT2D eigenvalue weighted by molar-refractivity contribution is 0.0691. The Balaban J connectivity index is 0.00000198. The average Bonchev–Trinajstić information content (AvgIpc) is 3.52. The Morgan fingerprint density at radius 2 is 1.98 bits per heavy atom. The van der Waals surface area contributed by atoms with Gasteiger partial charge in [-0.05, 0) is 98.4 Å². The SMILES string of the molecule is C=C(C=C(C)C)c1cc(-c2nn(-c3nc(C(=O)O)cs3)c(CC3CC3)c2Cc2ccc(SN)c(F)c2)ccc1C.CC. The van der Waals surface area contributed by atoms with Gasteiger partial charge in [-0.3, -0.25) is 5.14 Å². The number of nitrogens with two attached hydrogens (primary N) is 1. The molecule has 1 fully saturated rings. The van der Waals surface area contributed by atoms with Crippen LogP contribution in [-0.2, 0) is 12.8 Å². The molecule has 1 aliphatic carbocycles. The lowest BCUT2D eigenvalue weighted by Gasteiger charge is -2.11. The number of halogens is 1. The van der Waals surface area contributed by atoms with Gasteiger partial charge in [-0.25, -0.2) is 18.9 Å². The van der Waals surface area contributed by atoms with Gasteiger partial charge >= 0.3 is 5.97 Å². The van der Waals surface area contributed by atoms with Gasteiger partial charge in [0.1, 0.15) is 5.82 Å². The van der Waals surface area contributed by atoms with Gasteiger partial charge in [0.15, 0.2) is 5.69 Å². The van der Waals surface area contributed by atoms with Crippen LogP contribution >= 0.6 is 23.3 Å². The number of benzene rings is 2. The van der Waals surface area contributed by atoms with Crippen LogP contribution in [0.1, 0.15) is 79.0 Å². The van der Waals surface area contributed by atoms with Crippen LogP contribution in [-0.4, -0.2) is 25.8 Å². The van der Waals surface area contributed by atoms with E-state index in [0.29, 0.717) is 22.4 Å². The Hall–Kier alpha value is -3.53. The average molecular weight is 605 g/mol. The van der Waals surface area contributed by atoms with Crippen LogP contribution < -0.4 is 5.14 Å². The monoisotopic (exact) mass is 604 g/mol.